The lowest BCUT2D eigenvalue weighted by Crippen LogP contribution is -2.49. The second kappa shape index (κ2) is 10.6. The van der Waals surface area contributed by atoms with Crippen LogP contribution < -0.4 is 20.5 Å². The maximum Gasteiger partial charge on any atom is 0.237 e. The molecule has 26 heavy (non-hydrogen) atoms. The Morgan fingerprint density at radius 1 is 1.19 bits per heavy atom. The molecule has 0 bridgehead atoms. The lowest BCUT2D eigenvalue weighted by Gasteiger charge is -2.27. The van der Waals surface area contributed by atoms with Crippen molar-refractivity contribution >= 4 is 18.3 Å². The molecular weight excluding hydrogens is 352 g/mol. The fraction of sp³-hybridized carbons (Fsp3) is 0.650. The van der Waals surface area contributed by atoms with Gasteiger partial charge in [-0.2, -0.15) is 0 Å². The summed E-state index contributed by atoms with van der Waals surface area (Å²) in [6.45, 7) is 12.8. The minimum absolute atomic E-state index is 0. The summed E-state index contributed by atoms with van der Waals surface area (Å²) in [4.78, 5) is 12.3. The molecule has 0 saturated heterocycles. The molecule has 1 aromatic rings. The van der Waals surface area contributed by atoms with Gasteiger partial charge in [0.05, 0.1) is 25.8 Å². The van der Waals surface area contributed by atoms with E-state index in [1.807, 2.05) is 45.9 Å². The van der Waals surface area contributed by atoms with E-state index in [9.17, 15) is 4.79 Å². The number of hydrogen-bond acceptors (Lipinski definition) is 4. The molecule has 1 aromatic carbocycles. The first-order valence-corrected chi connectivity index (χ1v) is 8.93. The number of halogens is 1. The first-order valence-electron chi connectivity index (χ1n) is 8.93. The van der Waals surface area contributed by atoms with E-state index in [-0.39, 0.29) is 29.8 Å². The number of hydrogen-bond donors (Lipinski definition) is 2. The van der Waals surface area contributed by atoms with Crippen LogP contribution in [0, 0.1) is 11.3 Å². The maximum absolute atomic E-state index is 12.3. The molecule has 6 heteroatoms. The highest BCUT2D eigenvalue weighted by atomic mass is 35.5. The third-order valence-corrected chi connectivity index (χ3v) is 4.21. The van der Waals surface area contributed by atoms with Gasteiger partial charge in [-0.3, -0.25) is 4.79 Å². The highest BCUT2D eigenvalue weighted by Gasteiger charge is 2.28. The molecule has 3 N–H and O–H groups in total. The molecule has 5 nitrogen and oxygen atoms in total. The van der Waals surface area contributed by atoms with Crippen LogP contribution >= 0.6 is 12.4 Å². The molecule has 2 atom stereocenters. The van der Waals surface area contributed by atoms with Gasteiger partial charge in [0.15, 0.2) is 11.5 Å². The second-order valence-corrected chi connectivity index (χ2v) is 8.02. The molecule has 1 rings (SSSR count). The van der Waals surface area contributed by atoms with Crippen molar-refractivity contribution in [3.63, 3.8) is 0 Å². The minimum Gasteiger partial charge on any atom is -0.493 e. The molecule has 0 saturated carbocycles. The van der Waals surface area contributed by atoms with Crippen LogP contribution in [0.25, 0.3) is 0 Å². The number of methoxy groups -OCH3 is 1. The molecule has 0 spiro atoms. The van der Waals surface area contributed by atoms with Crippen LogP contribution in [0.4, 0.5) is 0 Å². The molecule has 0 aliphatic heterocycles. The molecule has 0 fully saturated rings. The average Bonchev–Trinajstić information content (AvgIpc) is 2.52. The van der Waals surface area contributed by atoms with Crippen molar-refractivity contribution < 1.29 is 14.3 Å². The van der Waals surface area contributed by atoms with Gasteiger partial charge in [0.25, 0.3) is 0 Å². The van der Waals surface area contributed by atoms with Crippen LogP contribution in [0.1, 0.15) is 59.6 Å². The lowest BCUT2D eigenvalue weighted by molar-refractivity contribution is -0.125. The van der Waals surface area contributed by atoms with Gasteiger partial charge >= 0.3 is 0 Å². The quantitative estimate of drug-likeness (QED) is 0.705. The van der Waals surface area contributed by atoms with E-state index in [4.69, 9.17) is 15.2 Å². The van der Waals surface area contributed by atoms with Gasteiger partial charge in [-0.15, -0.1) is 12.4 Å². The maximum atomic E-state index is 12.3. The van der Waals surface area contributed by atoms with Crippen molar-refractivity contribution in [1.82, 2.24) is 5.32 Å². The first-order chi connectivity index (χ1) is 11.6. The van der Waals surface area contributed by atoms with Crippen LogP contribution in [0.15, 0.2) is 18.2 Å². The van der Waals surface area contributed by atoms with Crippen molar-refractivity contribution in [1.29, 1.82) is 0 Å². The van der Waals surface area contributed by atoms with Gasteiger partial charge in [0, 0.05) is 0 Å². The van der Waals surface area contributed by atoms with Gasteiger partial charge < -0.3 is 20.5 Å². The van der Waals surface area contributed by atoms with Crippen LogP contribution in [-0.4, -0.2) is 25.7 Å². The van der Waals surface area contributed by atoms with Crippen molar-refractivity contribution in [3.8, 4) is 11.5 Å². The third-order valence-electron chi connectivity index (χ3n) is 4.21. The number of carbonyl (C=O) groups excluding carboxylic acids is 1. The monoisotopic (exact) mass is 386 g/mol. The zero-order chi connectivity index (χ0) is 19.2. The lowest BCUT2D eigenvalue weighted by atomic mass is 9.86. The number of nitrogens with one attached hydrogen (secondary N) is 1. The topological polar surface area (TPSA) is 73.6 Å². The minimum atomic E-state index is -0.560. The number of benzene rings is 1. The van der Waals surface area contributed by atoms with E-state index in [1.54, 1.807) is 7.11 Å². The second-order valence-electron chi connectivity index (χ2n) is 8.02. The zero-order valence-electron chi connectivity index (χ0n) is 17.1. The Kier molecular flexibility index (Phi) is 10.0. The fourth-order valence-electron chi connectivity index (χ4n) is 2.26. The molecule has 0 heterocycles. The molecule has 1 unspecified atom stereocenters. The van der Waals surface area contributed by atoms with Crippen molar-refractivity contribution in [2.45, 2.75) is 60.0 Å². The van der Waals surface area contributed by atoms with Crippen molar-refractivity contribution in [3.05, 3.63) is 23.8 Å². The fourth-order valence-corrected chi connectivity index (χ4v) is 2.26. The summed E-state index contributed by atoms with van der Waals surface area (Å²) >= 11 is 0. The summed E-state index contributed by atoms with van der Waals surface area (Å²) in [5.74, 6) is 1.82. The summed E-state index contributed by atoms with van der Waals surface area (Å²) in [6, 6.07) is 5.01. The van der Waals surface area contributed by atoms with Crippen LogP contribution in [-0.2, 0) is 4.79 Å². The first kappa shape index (κ1) is 24.5. The molecule has 0 radical (unpaired) electrons. The van der Waals surface area contributed by atoms with Gasteiger partial charge in [-0.05, 0) is 42.4 Å². The molecular formula is C20H35ClN2O3. The normalized spacial score (nSPS) is 13.6. The van der Waals surface area contributed by atoms with Crippen LogP contribution in [0.3, 0.4) is 0 Å². The number of carbonyl (C=O) groups is 1. The number of nitrogens with two attached hydrogens (primary N) is 1. The highest BCUT2D eigenvalue weighted by Crippen LogP contribution is 2.31. The van der Waals surface area contributed by atoms with Crippen LogP contribution in [0.2, 0.25) is 0 Å². The summed E-state index contributed by atoms with van der Waals surface area (Å²) < 4.78 is 11.2. The van der Waals surface area contributed by atoms with E-state index >= 15 is 0 Å². The Bertz CT molecular complexity index is 571. The standard InChI is InChI=1S/C20H34N2O3.ClH/c1-13(2)10-11-25-16-9-8-15(12-17(16)24-7)14(3)22-19(23)18(21)20(4,5)6;/h8-9,12-14,18H,10-11,21H2,1-7H3,(H,22,23);1H/t14?,18-;/m1./s1. The van der Waals surface area contributed by atoms with Gasteiger partial charge in [0.1, 0.15) is 0 Å². The summed E-state index contributed by atoms with van der Waals surface area (Å²) in [7, 11) is 1.62. The molecule has 1 amide bonds. The number of amides is 1. The summed E-state index contributed by atoms with van der Waals surface area (Å²) in [6.07, 6.45) is 0.988. The number of ether oxygens (including phenoxy) is 2. The predicted molar refractivity (Wildman–Crippen MR) is 109 cm³/mol. The van der Waals surface area contributed by atoms with E-state index < -0.39 is 6.04 Å². The SMILES string of the molecule is COc1cc(C(C)NC(=O)[C@@H](N)C(C)(C)C)ccc1OCCC(C)C.Cl. The zero-order valence-corrected chi connectivity index (χ0v) is 17.9. The summed E-state index contributed by atoms with van der Waals surface area (Å²) in [5.41, 5.74) is 6.69. The molecule has 0 aliphatic rings. The van der Waals surface area contributed by atoms with Gasteiger partial charge in [-0.1, -0.05) is 40.7 Å². The van der Waals surface area contributed by atoms with E-state index in [2.05, 4.69) is 19.2 Å². The van der Waals surface area contributed by atoms with Gasteiger partial charge in [0.2, 0.25) is 5.91 Å². The largest absolute Gasteiger partial charge is 0.493 e. The Balaban J connectivity index is 0.00000625. The van der Waals surface area contributed by atoms with Gasteiger partial charge in [-0.25, -0.2) is 0 Å². The van der Waals surface area contributed by atoms with E-state index in [0.717, 1.165) is 17.7 Å². The highest BCUT2D eigenvalue weighted by molar-refractivity contribution is 5.85. The van der Waals surface area contributed by atoms with E-state index in [1.165, 1.54) is 0 Å². The number of rotatable bonds is 8. The van der Waals surface area contributed by atoms with Crippen molar-refractivity contribution in [2.24, 2.45) is 17.1 Å². The predicted octanol–water partition coefficient (Wildman–Crippen LogP) is 4.09. The smallest absolute Gasteiger partial charge is 0.237 e. The van der Waals surface area contributed by atoms with Crippen LogP contribution in [0.5, 0.6) is 11.5 Å². The summed E-state index contributed by atoms with van der Waals surface area (Å²) in [5, 5.41) is 2.97. The average molecular weight is 387 g/mol. The Labute approximate surface area is 164 Å². The van der Waals surface area contributed by atoms with E-state index in [0.29, 0.717) is 18.3 Å². The Hall–Kier alpha value is -1.46. The third kappa shape index (κ3) is 7.42. The van der Waals surface area contributed by atoms with Crippen molar-refractivity contribution in [2.75, 3.05) is 13.7 Å². The Morgan fingerprint density at radius 3 is 2.31 bits per heavy atom. The molecule has 0 aromatic heterocycles. The molecule has 0 aliphatic carbocycles. The Morgan fingerprint density at radius 2 is 1.81 bits per heavy atom. The molecule has 150 valence electrons.